The Morgan fingerprint density at radius 2 is 1.90 bits per heavy atom. The van der Waals surface area contributed by atoms with Gasteiger partial charge in [-0.25, -0.2) is 4.39 Å². The Bertz CT molecular complexity index is 629. The maximum absolute atomic E-state index is 12.9. The second-order valence-corrected chi connectivity index (χ2v) is 5.91. The highest BCUT2D eigenvalue weighted by molar-refractivity contribution is 5.81. The summed E-state index contributed by atoms with van der Waals surface area (Å²) < 4.78 is 18.0. The molecule has 0 aliphatic carbocycles. The molecule has 112 valence electrons. The SMILES string of the molecule is C[C@H](NC(=O)C(C)(C)C)c1nc(-c2ccc(F)cc2)no1. The van der Waals surface area contributed by atoms with Crippen LogP contribution in [0.4, 0.5) is 4.39 Å². The Balaban J connectivity index is 2.12. The Morgan fingerprint density at radius 3 is 2.48 bits per heavy atom. The van der Waals surface area contributed by atoms with Crippen LogP contribution in [0, 0.1) is 11.2 Å². The van der Waals surface area contributed by atoms with Gasteiger partial charge in [-0.05, 0) is 31.2 Å². The highest BCUT2D eigenvalue weighted by atomic mass is 19.1. The number of carbonyl (C=O) groups is 1. The van der Waals surface area contributed by atoms with Crippen LogP contribution in [-0.4, -0.2) is 16.0 Å². The first-order valence-electron chi connectivity index (χ1n) is 6.68. The normalized spacial score (nSPS) is 13.0. The van der Waals surface area contributed by atoms with Gasteiger partial charge >= 0.3 is 0 Å². The van der Waals surface area contributed by atoms with Gasteiger partial charge in [0.2, 0.25) is 17.6 Å². The third-order valence-electron chi connectivity index (χ3n) is 2.94. The number of benzene rings is 1. The van der Waals surface area contributed by atoms with Crippen molar-refractivity contribution in [1.82, 2.24) is 15.5 Å². The van der Waals surface area contributed by atoms with Crippen LogP contribution in [-0.2, 0) is 4.79 Å². The van der Waals surface area contributed by atoms with Crippen molar-refractivity contribution in [3.8, 4) is 11.4 Å². The Morgan fingerprint density at radius 1 is 1.29 bits per heavy atom. The Hall–Kier alpha value is -2.24. The minimum absolute atomic E-state index is 0.100. The number of hydrogen-bond acceptors (Lipinski definition) is 4. The van der Waals surface area contributed by atoms with Crippen molar-refractivity contribution in [1.29, 1.82) is 0 Å². The molecule has 1 atom stereocenters. The summed E-state index contributed by atoms with van der Waals surface area (Å²) in [5.41, 5.74) is 0.161. The minimum atomic E-state index is -0.492. The topological polar surface area (TPSA) is 68.0 Å². The highest BCUT2D eigenvalue weighted by Crippen LogP contribution is 2.20. The predicted octanol–water partition coefficient (Wildman–Crippen LogP) is 3.10. The summed E-state index contributed by atoms with van der Waals surface area (Å²) in [6, 6.07) is 5.41. The van der Waals surface area contributed by atoms with Crippen molar-refractivity contribution in [2.24, 2.45) is 5.41 Å². The first-order chi connectivity index (χ1) is 9.77. The molecule has 1 aromatic heterocycles. The summed E-state index contributed by atoms with van der Waals surface area (Å²) in [4.78, 5) is 16.2. The molecule has 0 aliphatic rings. The third-order valence-corrected chi connectivity index (χ3v) is 2.94. The number of rotatable bonds is 3. The molecule has 21 heavy (non-hydrogen) atoms. The van der Waals surface area contributed by atoms with E-state index in [1.165, 1.54) is 12.1 Å². The molecule has 6 heteroatoms. The Kier molecular flexibility index (Phi) is 4.06. The molecule has 0 saturated carbocycles. The van der Waals surface area contributed by atoms with E-state index in [0.717, 1.165) is 0 Å². The zero-order chi connectivity index (χ0) is 15.6. The molecule has 2 rings (SSSR count). The number of carbonyl (C=O) groups excluding carboxylic acids is 1. The van der Waals surface area contributed by atoms with Gasteiger partial charge in [0.15, 0.2) is 0 Å². The van der Waals surface area contributed by atoms with E-state index in [2.05, 4.69) is 15.5 Å². The van der Waals surface area contributed by atoms with Crippen molar-refractivity contribution in [3.63, 3.8) is 0 Å². The van der Waals surface area contributed by atoms with Crippen molar-refractivity contribution >= 4 is 5.91 Å². The lowest BCUT2D eigenvalue weighted by Gasteiger charge is -2.19. The summed E-state index contributed by atoms with van der Waals surface area (Å²) in [5.74, 6) is 0.249. The van der Waals surface area contributed by atoms with Crippen LogP contribution in [0.3, 0.4) is 0 Å². The van der Waals surface area contributed by atoms with Gasteiger partial charge in [-0.15, -0.1) is 0 Å². The quantitative estimate of drug-likeness (QED) is 0.943. The number of halogens is 1. The summed E-state index contributed by atoms with van der Waals surface area (Å²) in [6.07, 6.45) is 0. The van der Waals surface area contributed by atoms with Crippen LogP contribution in [0.1, 0.15) is 39.6 Å². The van der Waals surface area contributed by atoms with Crippen molar-refractivity contribution < 1.29 is 13.7 Å². The van der Waals surface area contributed by atoms with Crippen molar-refractivity contribution in [3.05, 3.63) is 36.0 Å². The fourth-order valence-electron chi connectivity index (χ4n) is 1.60. The maximum atomic E-state index is 12.9. The molecule has 1 amide bonds. The standard InChI is InChI=1S/C15H18FN3O2/c1-9(17-14(20)15(2,3)4)13-18-12(19-21-13)10-5-7-11(16)8-6-10/h5-9H,1-4H3,(H,17,20)/t9-/m0/s1. The monoisotopic (exact) mass is 291 g/mol. The molecular weight excluding hydrogens is 273 g/mol. The molecule has 1 N–H and O–H groups in total. The summed E-state index contributed by atoms with van der Waals surface area (Å²) in [6.45, 7) is 7.25. The first kappa shape index (κ1) is 15.2. The minimum Gasteiger partial charge on any atom is -0.344 e. The van der Waals surface area contributed by atoms with Crippen LogP contribution >= 0.6 is 0 Å². The third kappa shape index (κ3) is 3.65. The molecule has 1 heterocycles. The fourth-order valence-corrected chi connectivity index (χ4v) is 1.60. The van der Waals surface area contributed by atoms with Crippen LogP contribution in [0.15, 0.2) is 28.8 Å². The molecule has 0 saturated heterocycles. The Labute approximate surface area is 122 Å². The van der Waals surface area contributed by atoms with E-state index >= 15 is 0 Å². The van der Waals surface area contributed by atoms with Gasteiger partial charge in [0.05, 0.1) is 0 Å². The largest absolute Gasteiger partial charge is 0.344 e. The predicted molar refractivity (Wildman–Crippen MR) is 75.7 cm³/mol. The average Bonchev–Trinajstić information content (AvgIpc) is 2.88. The smallest absolute Gasteiger partial charge is 0.249 e. The molecule has 0 bridgehead atoms. The summed E-state index contributed by atoms with van der Waals surface area (Å²) in [5, 5.41) is 6.66. The molecule has 5 nitrogen and oxygen atoms in total. The summed E-state index contributed by atoms with van der Waals surface area (Å²) >= 11 is 0. The number of nitrogens with zero attached hydrogens (tertiary/aromatic N) is 2. The second-order valence-electron chi connectivity index (χ2n) is 5.91. The first-order valence-corrected chi connectivity index (χ1v) is 6.68. The van der Waals surface area contributed by atoms with E-state index in [4.69, 9.17) is 4.52 Å². The van der Waals surface area contributed by atoms with Gasteiger partial charge in [0.1, 0.15) is 11.9 Å². The van der Waals surface area contributed by atoms with Gasteiger partial charge < -0.3 is 9.84 Å². The second kappa shape index (κ2) is 5.63. The lowest BCUT2D eigenvalue weighted by molar-refractivity contribution is -0.129. The number of nitrogens with one attached hydrogen (secondary N) is 1. The van der Waals surface area contributed by atoms with Gasteiger partial charge in [0.25, 0.3) is 0 Å². The number of aromatic nitrogens is 2. The molecule has 0 unspecified atom stereocenters. The maximum Gasteiger partial charge on any atom is 0.249 e. The molecule has 0 fully saturated rings. The van der Waals surface area contributed by atoms with Crippen LogP contribution in [0.2, 0.25) is 0 Å². The zero-order valence-electron chi connectivity index (χ0n) is 12.5. The van der Waals surface area contributed by atoms with E-state index in [1.807, 2.05) is 20.8 Å². The highest BCUT2D eigenvalue weighted by Gasteiger charge is 2.25. The summed E-state index contributed by atoms with van der Waals surface area (Å²) in [7, 11) is 0. The number of hydrogen-bond donors (Lipinski definition) is 1. The van der Waals surface area contributed by atoms with Gasteiger partial charge in [0, 0.05) is 11.0 Å². The van der Waals surface area contributed by atoms with Gasteiger partial charge in [-0.1, -0.05) is 25.9 Å². The molecule has 1 aromatic carbocycles. The molecule has 0 radical (unpaired) electrons. The van der Waals surface area contributed by atoms with Crippen molar-refractivity contribution in [2.45, 2.75) is 33.7 Å². The zero-order valence-corrected chi connectivity index (χ0v) is 12.5. The average molecular weight is 291 g/mol. The fraction of sp³-hybridized carbons (Fsp3) is 0.400. The number of amides is 1. The van der Waals surface area contributed by atoms with E-state index in [9.17, 15) is 9.18 Å². The van der Waals surface area contributed by atoms with Crippen LogP contribution in [0.5, 0.6) is 0 Å². The van der Waals surface area contributed by atoms with E-state index in [1.54, 1.807) is 19.1 Å². The van der Waals surface area contributed by atoms with Gasteiger partial charge in [-0.2, -0.15) is 4.98 Å². The van der Waals surface area contributed by atoms with E-state index < -0.39 is 11.5 Å². The van der Waals surface area contributed by atoms with Gasteiger partial charge in [-0.3, -0.25) is 4.79 Å². The lowest BCUT2D eigenvalue weighted by Crippen LogP contribution is -2.36. The molecular formula is C15H18FN3O2. The molecule has 0 aliphatic heterocycles. The molecule has 0 spiro atoms. The molecule has 2 aromatic rings. The van der Waals surface area contributed by atoms with Crippen molar-refractivity contribution in [2.75, 3.05) is 0 Å². The van der Waals surface area contributed by atoms with Crippen LogP contribution in [0.25, 0.3) is 11.4 Å². The van der Waals surface area contributed by atoms with Crippen LogP contribution < -0.4 is 5.32 Å². The van der Waals surface area contributed by atoms with E-state index in [-0.39, 0.29) is 11.7 Å². The van der Waals surface area contributed by atoms with E-state index in [0.29, 0.717) is 17.3 Å². The lowest BCUT2D eigenvalue weighted by atomic mass is 9.95.